The summed E-state index contributed by atoms with van der Waals surface area (Å²) in [6, 6.07) is -1.44. The smallest absolute Gasteiger partial charge is 0.329 e. The van der Waals surface area contributed by atoms with E-state index in [2.05, 4.69) is 36.9 Å². The van der Waals surface area contributed by atoms with Crippen LogP contribution in [0.15, 0.2) is 60.3 Å². The summed E-state index contributed by atoms with van der Waals surface area (Å²) in [4.78, 5) is 60.4. The Hall–Kier alpha value is -3.86. The van der Waals surface area contributed by atoms with Crippen molar-refractivity contribution in [2.75, 3.05) is 27.4 Å². The summed E-state index contributed by atoms with van der Waals surface area (Å²) >= 11 is 0. The number of amides is 1. The molecule has 4 N–H and O–H groups in total. The van der Waals surface area contributed by atoms with Gasteiger partial charge in [-0.25, -0.2) is 14.5 Å². The van der Waals surface area contributed by atoms with Crippen molar-refractivity contribution < 1.29 is 48.3 Å². The van der Waals surface area contributed by atoms with Crippen LogP contribution in [0.25, 0.3) is 0 Å². The van der Waals surface area contributed by atoms with Gasteiger partial charge in [-0.3, -0.25) is 14.4 Å². The van der Waals surface area contributed by atoms with Crippen molar-refractivity contribution >= 4 is 23.4 Å². The molecule has 15 heteroatoms. The van der Waals surface area contributed by atoms with Gasteiger partial charge in [0.1, 0.15) is 37.0 Å². The number of nitrogens with two attached hydrogens (primary N) is 1. The van der Waals surface area contributed by atoms with Crippen molar-refractivity contribution in [3.63, 3.8) is 0 Å². The Morgan fingerprint density at radius 1 is 0.970 bits per heavy atom. The van der Waals surface area contributed by atoms with Gasteiger partial charge in [0, 0.05) is 38.6 Å². The van der Waals surface area contributed by atoms with Crippen molar-refractivity contribution in [2.45, 2.75) is 181 Å². The molecule has 0 spiro atoms. The molecule has 1 aromatic heterocycles. The zero-order valence-electron chi connectivity index (χ0n) is 42.1. The normalized spacial score (nSPS) is 28.1. The number of Topliss-reactive ketones (excluding diaryl/α,β-unsaturated/α-hetero) is 2. The molecule has 3 fully saturated rings. The zero-order valence-corrected chi connectivity index (χ0v) is 42.1. The second-order valence-corrected chi connectivity index (χ2v) is 20.0. The fourth-order valence-electron chi connectivity index (χ4n) is 10.1. The topological polar surface area (TPSA) is 206 Å². The van der Waals surface area contributed by atoms with E-state index in [0.29, 0.717) is 68.8 Å². The number of carbonyl (C=O) groups is 4. The lowest BCUT2D eigenvalue weighted by molar-refractivity contribution is -0.241. The van der Waals surface area contributed by atoms with E-state index in [1.807, 2.05) is 45.1 Å². The van der Waals surface area contributed by atoms with Gasteiger partial charge >= 0.3 is 5.97 Å². The molecule has 2 aliphatic heterocycles. The summed E-state index contributed by atoms with van der Waals surface area (Å²) in [7, 11) is 3.17. The number of aliphatic hydroxyl groups is 2. The quantitative estimate of drug-likeness (QED) is 0.0413. The second-order valence-electron chi connectivity index (χ2n) is 20.0. The summed E-state index contributed by atoms with van der Waals surface area (Å²) in [6.45, 7) is 16.1. The van der Waals surface area contributed by atoms with Crippen molar-refractivity contribution in [2.24, 2.45) is 41.2 Å². The monoisotopic (exact) mass is 938 g/mol. The molecule has 1 amide bonds. The van der Waals surface area contributed by atoms with E-state index in [4.69, 9.17) is 24.7 Å². The van der Waals surface area contributed by atoms with Crippen LogP contribution in [-0.4, -0.2) is 123 Å². The number of allylic oxidation sites excluding steroid dienone is 6. The summed E-state index contributed by atoms with van der Waals surface area (Å²) in [5.74, 6) is -5.11. The van der Waals surface area contributed by atoms with Gasteiger partial charge in [-0.15, -0.1) is 0 Å². The summed E-state index contributed by atoms with van der Waals surface area (Å²) in [6.07, 6.45) is 20.2. The first kappa shape index (κ1) is 55.7. The molecule has 4 rings (SSSR count). The third kappa shape index (κ3) is 15.6. The average molecular weight is 938 g/mol. The lowest BCUT2D eigenvalue weighted by atomic mass is 9.76. The van der Waals surface area contributed by atoms with Crippen LogP contribution in [0, 0.1) is 35.5 Å². The van der Waals surface area contributed by atoms with Crippen LogP contribution in [0.2, 0.25) is 0 Å². The molecule has 376 valence electrons. The van der Waals surface area contributed by atoms with Crippen molar-refractivity contribution in [1.29, 1.82) is 0 Å². The zero-order chi connectivity index (χ0) is 49.4. The van der Waals surface area contributed by atoms with Gasteiger partial charge in [0.15, 0.2) is 5.78 Å². The Bertz CT molecular complexity index is 1870. The van der Waals surface area contributed by atoms with Gasteiger partial charge in [-0.1, -0.05) is 71.1 Å². The fraction of sp³-hybridized carbons (Fsp3) is 0.731. The van der Waals surface area contributed by atoms with E-state index in [0.717, 1.165) is 31.3 Å². The minimum absolute atomic E-state index is 0.0690. The maximum absolute atomic E-state index is 14.2. The lowest BCUT2D eigenvalue weighted by Crippen LogP contribution is -2.59. The van der Waals surface area contributed by atoms with Crippen LogP contribution in [0.3, 0.4) is 0 Å². The largest absolute Gasteiger partial charge is 0.461 e. The molecule has 67 heavy (non-hydrogen) atoms. The number of ketones is 2. The minimum atomic E-state index is -2.23. The van der Waals surface area contributed by atoms with Crippen LogP contribution in [0.4, 0.5) is 0 Å². The maximum atomic E-state index is 14.2. The van der Waals surface area contributed by atoms with E-state index in [1.165, 1.54) is 18.3 Å². The van der Waals surface area contributed by atoms with Gasteiger partial charge in [-0.05, 0) is 133 Å². The molecule has 0 radical (unpaired) electrons. The Labute approximate surface area is 400 Å². The first-order valence-electron chi connectivity index (χ1n) is 24.8. The van der Waals surface area contributed by atoms with Gasteiger partial charge < -0.3 is 39.8 Å². The number of methoxy groups -OCH3 is 2. The highest BCUT2D eigenvalue weighted by Crippen LogP contribution is 2.37. The fourth-order valence-corrected chi connectivity index (χ4v) is 10.1. The lowest BCUT2D eigenvalue weighted by Gasteiger charge is -2.40. The number of nitrogens with zero attached hydrogens (tertiary/aromatic N) is 4. The molecule has 2 saturated heterocycles. The van der Waals surface area contributed by atoms with Gasteiger partial charge in [-0.2, -0.15) is 5.10 Å². The molecule has 1 aliphatic carbocycles. The molecule has 14 atom stereocenters. The number of hydrogen-bond donors (Lipinski definition) is 3. The van der Waals surface area contributed by atoms with E-state index in [-0.39, 0.29) is 48.8 Å². The molecule has 1 aromatic rings. The number of piperidine rings is 1. The molecule has 1 saturated carbocycles. The highest BCUT2D eigenvalue weighted by Gasteiger charge is 2.51. The predicted octanol–water partition coefficient (Wildman–Crippen LogP) is 7.03. The number of hydrogen-bond acceptors (Lipinski definition) is 13. The SMILES string of the molecule is COC1CC(C[C@@H](C)[C@H](CC[C@H](N)/C=C(\C)C(O)[C@@H](OC)C(=O)C(C)C[C@H](C)/C=C/C=C/C=C(\C)C(C)n2cncn2)OC(=O)C2CCCCN2C(=O)C(=O)C2(O)OCCCC2C)CC[C@H]1C. The third-order valence-electron chi connectivity index (χ3n) is 14.7. The molecule has 8 unspecified atom stereocenters. The van der Waals surface area contributed by atoms with E-state index in [9.17, 15) is 29.4 Å². The number of aliphatic hydroxyl groups excluding tert-OH is 1. The van der Waals surface area contributed by atoms with Crippen LogP contribution in [0.1, 0.15) is 138 Å². The number of aromatic nitrogens is 3. The average Bonchev–Trinajstić information content (AvgIpc) is 3.86. The Kier molecular flexibility index (Phi) is 22.3. The molecule has 15 nitrogen and oxygen atoms in total. The van der Waals surface area contributed by atoms with Crippen LogP contribution < -0.4 is 5.73 Å². The van der Waals surface area contributed by atoms with Crippen molar-refractivity contribution in [3.05, 3.63) is 60.3 Å². The summed E-state index contributed by atoms with van der Waals surface area (Å²) in [5, 5.41) is 26.8. The molecular weight excluding hydrogens is 855 g/mol. The Balaban J connectivity index is 1.40. The molecule has 3 aliphatic rings. The second kappa shape index (κ2) is 26.8. The standard InChI is InChI=1S/C52H83N5O10/c1-33(17-12-11-13-18-34(2)40(8)57-32-54-31-55-57)27-37(5)46(58)48(65-10)47(59)38(6)29-42(53)23-24-44(36(4)28-41-22-21-35(3)45(30-41)64-9)67-51(62)43-20-14-15-25-56(43)50(61)49(60)52(63)39(7)19-16-26-66-52/h11-13,17-18,29,31-33,35-37,39-45,47-48,59,63H,14-16,19-28,30,53H2,1-10H3/b13-11+,17-12+,34-18+,38-29+/t33-,35-,36-,37?,39?,40?,41?,42+,43?,44+,45?,47?,48+,52?/m1/s1. The number of rotatable bonds is 24. The van der Waals surface area contributed by atoms with Crippen LogP contribution in [0.5, 0.6) is 0 Å². The van der Waals surface area contributed by atoms with Gasteiger partial charge in [0.2, 0.25) is 5.79 Å². The van der Waals surface area contributed by atoms with Crippen molar-refractivity contribution in [3.8, 4) is 0 Å². The highest BCUT2D eigenvalue weighted by molar-refractivity contribution is 6.39. The number of ether oxygens (including phenoxy) is 4. The number of carbonyl (C=O) groups excluding carboxylic acids is 4. The summed E-state index contributed by atoms with van der Waals surface area (Å²) in [5.41, 5.74) is 8.34. The molecular formula is C52H83N5O10. The number of esters is 1. The third-order valence-corrected chi connectivity index (χ3v) is 14.7. The van der Waals surface area contributed by atoms with Crippen molar-refractivity contribution in [1.82, 2.24) is 19.7 Å². The van der Waals surface area contributed by atoms with E-state index in [1.54, 1.807) is 38.0 Å². The molecule has 0 bridgehead atoms. The predicted molar refractivity (Wildman–Crippen MR) is 257 cm³/mol. The number of likely N-dealkylation sites (tertiary alicyclic amines) is 1. The Morgan fingerprint density at radius 2 is 1.72 bits per heavy atom. The first-order valence-corrected chi connectivity index (χ1v) is 24.8. The van der Waals surface area contributed by atoms with Gasteiger partial charge in [0.05, 0.1) is 18.8 Å². The first-order chi connectivity index (χ1) is 31.8. The Morgan fingerprint density at radius 3 is 2.39 bits per heavy atom. The van der Waals surface area contributed by atoms with E-state index < -0.39 is 59.8 Å². The molecule has 3 heterocycles. The van der Waals surface area contributed by atoms with Gasteiger partial charge in [0.25, 0.3) is 11.7 Å². The molecule has 0 aromatic carbocycles. The van der Waals surface area contributed by atoms with E-state index >= 15 is 0 Å². The highest BCUT2D eigenvalue weighted by atomic mass is 16.6. The van der Waals surface area contributed by atoms with Crippen LogP contribution >= 0.6 is 0 Å². The maximum Gasteiger partial charge on any atom is 0.329 e. The van der Waals surface area contributed by atoms with Crippen LogP contribution in [-0.2, 0) is 38.1 Å². The summed E-state index contributed by atoms with van der Waals surface area (Å²) < 4.78 is 25.1. The minimum Gasteiger partial charge on any atom is -0.461 e.